The molecule has 6 aliphatic heterocycles. The summed E-state index contributed by atoms with van der Waals surface area (Å²) in [6.45, 7) is 13.9. The lowest BCUT2D eigenvalue weighted by molar-refractivity contribution is -0.343. The van der Waals surface area contributed by atoms with Gasteiger partial charge in [0, 0.05) is 65.8 Å². The normalized spacial score (nSPS) is 49.0. The standard InChI is InChI=1S/C47H72O15/c1-24(2)35-17-31(48)21-46(62-35)22-33-18-32(61-46)15-14-26(4)41(59-39-20-37(53-9)43(29(7)57-39)60-38-19-36(52-8)40(49)28(6)56-38)25(3)12-11-13-30-23-55-44-42(54-10)27(5)16-34(45(50)58-33)47(30,44)51/h11-14,16,24-25,28-29,31-44,48-49,51H,15,17-23H2,1-10H3/b12-11+,26-14+,30-13+. The maximum atomic E-state index is 14.4. The molecule has 7 rings (SSSR count). The zero-order chi connectivity index (χ0) is 44.7. The van der Waals surface area contributed by atoms with Crippen LogP contribution in [-0.2, 0) is 56.9 Å². The van der Waals surface area contributed by atoms with E-state index >= 15 is 0 Å². The van der Waals surface area contributed by atoms with E-state index in [1.807, 2.05) is 39.0 Å². The number of carbonyl (C=O) groups excluding carboxylic acids is 1. The van der Waals surface area contributed by atoms with Crippen molar-refractivity contribution in [2.45, 2.75) is 197 Å². The summed E-state index contributed by atoms with van der Waals surface area (Å²) in [5.41, 5.74) is 0.519. The maximum absolute atomic E-state index is 14.4. The lowest BCUT2D eigenvalue weighted by Gasteiger charge is -2.50. The monoisotopic (exact) mass is 876 g/mol. The fourth-order valence-electron chi connectivity index (χ4n) is 10.8. The number of carbonyl (C=O) groups is 1. The molecule has 0 aromatic carbocycles. The number of rotatable bonds is 8. The van der Waals surface area contributed by atoms with E-state index in [1.54, 1.807) is 34.3 Å². The number of hydrogen-bond acceptors (Lipinski definition) is 15. The van der Waals surface area contributed by atoms with Gasteiger partial charge < -0.3 is 67.4 Å². The second kappa shape index (κ2) is 19.8. The molecule has 0 saturated carbocycles. The average molecular weight is 877 g/mol. The molecule has 7 aliphatic rings. The van der Waals surface area contributed by atoms with Crippen LogP contribution in [0.4, 0.5) is 0 Å². The number of methoxy groups -OCH3 is 3. The van der Waals surface area contributed by atoms with Gasteiger partial charge in [0.25, 0.3) is 0 Å². The van der Waals surface area contributed by atoms with Crippen LogP contribution >= 0.6 is 0 Å². The van der Waals surface area contributed by atoms with Crippen molar-refractivity contribution in [1.29, 1.82) is 0 Å². The van der Waals surface area contributed by atoms with Crippen molar-refractivity contribution < 1.29 is 72.2 Å². The molecule has 0 aromatic rings. The lowest BCUT2D eigenvalue weighted by Crippen LogP contribution is -2.59. The van der Waals surface area contributed by atoms with Crippen molar-refractivity contribution in [3.63, 3.8) is 0 Å². The molecule has 19 unspecified atom stereocenters. The van der Waals surface area contributed by atoms with Gasteiger partial charge in [0.15, 0.2) is 18.4 Å². The van der Waals surface area contributed by atoms with Crippen molar-refractivity contribution >= 4 is 5.97 Å². The Morgan fingerprint density at radius 2 is 1.53 bits per heavy atom. The second-order valence-electron chi connectivity index (χ2n) is 19.1. The van der Waals surface area contributed by atoms with E-state index in [1.165, 1.54) is 0 Å². The van der Waals surface area contributed by atoms with Crippen LogP contribution in [0.25, 0.3) is 0 Å². The van der Waals surface area contributed by atoms with Crippen LogP contribution in [0.1, 0.15) is 93.4 Å². The van der Waals surface area contributed by atoms with E-state index in [0.29, 0.717) is 37.7 Å². The highest BCUT2D eigenvalue weighted by Gasteiger charge is 2.60. The van der Waals surface area contributed by atoms with E-state index in [-0.39, 0.29) is 43.5 Å². The summed E-state index contributed by atoms with van der Waals surface area (Å²) in [4.78, 5) is 14.4. The molecular formula is C47H72O15. The minimum atomic E-state index is -1.74. The molecule has 0 aromatic heterocycles. The Morgan fingerprint density at radius 1 is 0.823 bits per heavy atom. The first-order valence-corrected chi connectivity index (χ1v) is 22.7. The third-order valence-corrected chi connectivity index (χ3v) is 14.2. The quantitative estimate of drug-likeness (QED) is 0.228. The second-order valence-corrected chi connectivity index (χ2v) is 19.1. The summed E-state index contributed by atoms with van der Waals surface area (Å²) in [6, 6.07) is 0. The maximum Gasteiger partial charge on any atom is 0.316 e. The third kappa shape index (κ3) is 9.86. The molecule has 5 saturated heterocycles. The van der Waals surface area contributed by atoms with Crippen molar-refractivity contribution in [2.24, 2.45) is 17.8 Å². The van der Waals surface area contributed by atoms with Gasteiger partial charge in [0.1, 0.15) is 42.0 Å². The molecule has 15 nitrogen and oxygen atoms in total. The number of hydrogen-bond donors (Lipinski definition) is 3. The topological polar surface area (TPSA) is 179 Å². The summed E-state index contributed by atoms with van der Waals surface area (Å²) >= 11 is 0. The van der Waals surface area contributed by atoms with E-state index in [0.717, 1.165) is 11.1 Å². The molecule has 19 atom stereocenters. The summed E-state index contributed by atoms with van der Waals surface area (Å²) in [5.74, 6) is -2.86. The smallest absolute Gasteiger partial charge is 0.316 e. The van der Waals surface area contributed by atoms with Crippen LogP contribution in [0.5, 0.6) is 0 Å². The molecule has 2 bridgehead atoms. The summed E-state index contributed by atoms with van der Waals surface area (Å²) in [5, 5.41) is 34.3. The largest absolute Gasteiger partial charge is 0.462 e. The predicted molar refractivity (Wildman–Crippen MR) is 224 cm³/mol. The van der Waals surface area contributed by atoms with Gasteiger partial charge in [-0.05, 0) is 56.8 Å². The first-order chi connectivity index (χ1) is 29.5. The number of aliphatic hydroxyl groups excluding tert-OH is 2. The van der Waals surface area contributed by atoms with Crippen LogP contribution in [0.2, 0.25) is 0 Å². The number of fused-ring (bicyclic) bond motifs is 2. The highest BCUT2D eigenvalue weighted by atomic mass is 16.7. The lowest BCUT2D eigenvalue weighted by atomic mass is 9.70. The van der Waals surface area contributed by atoms with Gasteiger partial charge in [-0.15, -0.1) is 0 Å². The molecule has 5 fully saturated rings. The fraction of sp³-hybridized carbons (Fsp3) is 0.809. The highest BCUT2D eigenvalue weighted by molar-refractivity contribution is 5.78. The summed E-state index contributed by atoms with van der Waals surface area (Å²) in [7, 11) is 4.78. The third-order valence-electron chi connectivity index (χ3n) is 14.2. The summed E-state index contributed by atoms with van der Waals surface area (Å²) in [6.07, 6.45) is 4.12. The van der Waals surface area contributed by atoms with Crippen molar-refractivity contribution in [1.82, 2.24) is 0 Å². The Hall–Kier alpha value is -2.09. The summed E-state index contributed by atoms with van der Waals surface area (Å²) < 4.78 is 69.4. The molecule has 3 N–H and O–H groups in total. The molecule has 1 aliphatic carbocycles. The number of allylic oxidation sites excluding steroid dienone is 2. The van der Waals surface area contributed by atoms with Gasteiger partial charge in [-0.1, -0.05) is 51.2 Å². The highest BCUT2D eigenvalue weighted by Crippen LogP contribution is 2.48. The number of ether oxygens (including phenoxy) is 11. The van der Waals surface area contributed by atoms with Gasteiger partial charge in [-0.3, -0.25) is 4.79 Å². The van der Waals surface area contributed by atoms with E-state index in [4.69, 9.17) is 52.1 Å². The van der Waals surface area contributed by atoms with Gasteiger partial charge in [-0.25, -0.2) is 0 Å². The SMILES string of the molecule is COC1CC(OC2C(C)OC(OC3/C(C)=C/CC4CC(CC5(CC(O)CC(C(C)C)O5)O4)OC(=O)C4C=C(C)C(OC)C5OC/C(=C\C=C\C3C)C45O)CC2OC)OC(C)C1O. The molecule has 15 heteroatoms. The predicted octanol–water partition coefficient (Wildman–Crippen LogP) is 4.59. The molecule has 0 radical (unpaired) electrons. The van der Waals surface area contributed by atoms with Gasteiger partial charge in [0.2, 0.25) is 0 Å². The fourth-order valence-corrected chi connectivity index (χ4v) is 10.8. The van der Waals surface area contributed by atoms with Crippen molar-refractivity contribution in [3.05, 3.63) is 47.1 Å². The molecule has 1 spiro atoms. The van der Waals surface area contributed by atoms with Crippen LogP contribution < -0.4 is 0 Å². The van der Waals surface area contributed by atoms with E-state index in [9.17, 15) is 20.1 Å². The number of esters is 1. The van der Waals surface area contributed by atoms with Crippen LogP contribution in [0.3, 0.4) is 0 Å². The molecule has 0 amide bonds. The minimum Gasteiger partial charge on any atom is -0.462 e. The van der Waals surface area contributed by atoms with Crippen LogP contribution in [0, 0.1) is 17.8 Å². The first kappa shape index (κ1) is 47.9. The molecule has 62 heavy (non-hydrogen) atoms. The van der Waals surface area contributed by atoms with Gasteiger partial charge in [0.05, 0.1) is 55.4 Å². The van der Waals surface area contributed by atoms with Crippen molar-refractivity contribution in [2.75, 3.05) is 27.9 Å². The Balaban J connectivity index is 1.19. The van der Waals surface area contributed by atoms with Crippen LogP contribution in [0.15, 0.2) is 47.1 Å². The Bertz CT molecular complexity index is 1680. The average Bonchev–Trinajstić information content (AvgIpc) is 3.55. The zero-order valence-corrected chi connectivity index (χ0v) is 38.2. The van der Waals surface area contributed by atoms with Gasteiger partial charge in [-0.2, -0.15) is 0 Å². The van der Waals surface area contributed by atoms with Gasteiger partial charge >= 0.3 is 5.97 Å². The molecule has 6 heterocycles. The Kier molecular flexibility index (Phi) is 15.3. The first-order valence-electron chi connectivity index (χ1n) is 22.7. The molecular weight excluding hydrogens is 805 g/mol. The van der Waals surface area contributed by atoms with Crippen molar-refractivity contribution in [3.8, 4) is 0 Å². The number of aliphatic hydroxyl groups is 3. The van der Waals surface area contributed by atoms with E-state index in [2.05, 4.69) is 26.8 Å². The molecule has 350 valence electrons. The Labute approximate surface area is 367 Å². The van der Waals surface area contributed by atoms with Crippen LogP contribution in [-0.4, -0.2) is 153 Å². The Morgan fingerprint density at radius 3 is 2.24 bits per heavy atom. The minimum absolute atomic E-state index is 0.0985. The zero-order valence-electron chi connectivity index (χ0n) is 38.2. The van der Waals surface area contributed by atoms with E-state index < -0.39 is 103 Å².